The summed E-state index contributed by atoms with van der Waals surface area (Å²) in [6.07, 6.45) is 5.85. The van der Waals surface area contributed by atoms with Crippen LogP contribution in [0.3, 0.4) is 0 Å². The van der Waals surface area contributed by atoms with E-state index in [1.807, 2.05) is 26.8 Å². The molecule has 0 aromatic rings. The Morgan fingerprint density at radius 3 is 2.22 bits per heavy atom. The lowest BCUT2D eigenvalue weighted by Crippen LogP contribution is -2.64. The summed E-state index contributed by atoms with van der Waals surface area (Å²) in [4.78, 5) is 40.1. The molecule has 0 unspecified atom stereocenters. The number of Topliss-reactive ketones (excluding diaryl/α,β-unsaturated/α-hetero) is 2. The number of ketones is 3. The predicted molar refractivity (Wildman–Crippen MR) is 138 cm³/mol. The van der Waals surface area contributed by atoms with Crippen molar-refractivity contribution >= 4 is 17.3 Å². The summed E-state index contributed by atoms with van der Waals surface area (Å²) in [7, 11) is 0. The molecule has 2 saturated carbocycles. The van der Waals surface area contributed by atoms with E-state index in [1.165, 1.54) is 32.9 Å². The summed E-state index contributed by atoms with van der Waals surface area (Å²) in [6, 6.07) is 0. The maximum absolute atomic E-state index is 14.2. The van der Waals surface area contributed by atoms with Gasteiger partial charge in [0.2, 0.25) is 5.78 Å². The van der Waals surface area contributed by atoms with Crippen molar-refractivity contribution in [2.24, 2.45) is 39.4 Å². The topological polar surface area (TPSA) is 132 Å². The molecule has 7 heteroatoms. The highest BCUT2D eigenvalue weighted by Crippen LogP contribution is 2.73. The van der Waals surface area contributed by atoms with Crippen LogP contribution < -0.4 is 0 Å². The van der Waals surface area contributed by atoms with Crippen LogP contribution >= 0.6 is 0 Å². The number of carbonyl (C=O) groups is 3. The smallest absolute Gasteiger partial charge is 0.206 e. The minimum Gasteiger partial charge on any atom is -0.505 e. The zero-order chi connectivity index (χ0) is 28.1. The van der Waals surface area contributed by atoms with E-state index in [-0.39, 0.29) is 29.7 Å². The molecular weight excluding hydrogens is 472 g/mol. The van der Waals surface area contributed by atoms with Crippen LogP contribution in [0.4, 0.5) is 0 Å². The zero-order valence-electron chi connectivity index (χ0n) is 23.3. The molecule has 204 valence electrons. The third-order valence-electron chi connectivity index (χ3n) is 10.8. The zero-order valence-corrected chi connectivity index (χ0v) is 23.3. The van der Waals surface area contributed by atoms with Crippen LogP contribution in [0, 0.1) is 39.4 Å². The lowest BCUT2D eigenvalue weighted by atomic mass is 9.39. The van der Waals surface area contributed by atoms with Gasteiger partial charge in [-0.3, -0.25) is 14.4 Å². The largest absolute Gasteiger partial charge is 0.505 e. The molecule has 7 nitrogen and oxygen atoms in total. The molecule has 0 saturated heterocycles. The van der Waals surface area contributed by atoms with E-state index in [2.05, 4.69) is 0 Å². The Kier molecular flexibility index (Phi) is 6.01. The first-order valence-electron chi connectivity index (χ1n) is 13.2. The summed E-state index contributed by atoms with van der Waals surface area (Å²) in [6.45, 7) is 13.8. The number of fused-ring (bicyclic) bond motifs is 5. The number of hydrogen-bond donors (Lipinski definition) is 4. The molecule has 0 heterocycles. The Morgan fingerprint density at radius 1 is 1.05 bits per heavy atom. The standard InChI is InChI=1S/C30H42O7/c1-25(2,36)12-11-21(33)30(8,37)23-19(32)14-27(5)20-10-9-16-17(13-18(31)24(35)26(16,3)4)29(20,7)22(34)15-28(23,27)6/h9,11-13,17,19-20,23,31-32,36-37H,10,14-15H2,1-8H3/b12-11+/t17-,19-,20-,23-,27-,28+,29-,30-/m0/s1. The molecule has 0 bridgehead atoms. The molecule has 4 rings (SSSR count). The Morgan fingerprint density at radius 2 is 1.65 bits per heavy atom. The maximum Gasteiger partial charge on any atom is 0.206 e. The second kappa shape index (κ2) is 7.96. The molecule has 0 aromatic carbocycles. The SMILES string of the molecule is CC(C)(O)/C=C/C(=O)[C@](C)(O)[C@H]1[C@@H](O)C[C@@]2(C)[C@@H]3CC=C4[C@H](C=C(O)C(=O)C4(C)C)[C@]3(C)C(=O)C[C@]12C. The summed E-state index contributed by atoms with van der Waals surface area (Å²) in [5, 5.41) is 43.6. The fourth-order valence-electron chi connectivity index (χ4n) is 8.58. The highest BCUT2D eigenvalue weighted by atomic mass is 16.3. The number of carbonyl (C=O) groups excluding carboxylic acids is 3. The minimum absolute atomic E-state index is 0.0453. The van der Waals surface area contributed by atoms with E-state index >= 15 is 0 Å². The maximum atomic E-state index is 14.2. The first kappa shape index (κ1) is 27.9. The average Bonchev–Trinajstić information content (AvgIpc) is 2.96. The van der Waals surface area contributed by atoms with Gasteiger partial charge in [0.25, 0.3) is 0 Å². The Hall–Kier alpha value is -2.09. The molecule has 0 radical (unpaired) electrons. The number of aliphatic hydroxyl groups excluding tert-OH is 2. The van der Waals surface area contributed by atoms with E-state index in [0.29, 0.717) is 12.8 Å². The highest BCUT2D eigenvalue weighted by molar-refractivity contribution is 6.02. The first-order chi connectivity index (χ1) is 16.7. The van der Waals surface area contributed by atoms with Gasteiger partial charge in [0.15, 0.2) is 11.5 Å². The molecule has 0 aliphatic heterocycles. The summed E-state index contributed by atoms with van der Waals surface area (Å²) in [5.74, 6) is -2.98. The van der Waals surface area contributed by atoms with Gasteiger partial charge in [-0.05, 0) is 76.4 Å². The predicted octanol–water partition coefficient (Wildman–Crippen LogP) is 3.62. The average molecular weight is 515 g/mol. The van der Waals surface area contributed by atoms with Crippen LogP contribution in [0.25, 0.3) is 0 Å². The van der Waals surface area contributed by atoms with E-state index in [0.717, 1.165) is 11.6 Å². The second-order valence-electron chi connectivity index (χ2n) is 13.9. The number of rotatable bonds is 4. The van der Waals surface area contributed by atoms with Gasteiger partial charge in [0.05, 0.1) is 17.1 Å². The third-order valence-corrected chi connectivity index (χ3v) is 10.8. The van der Waals surface area contributed by atoms with Gasteiger partial charge in [0.1, 0.15) is 11.4 Å². The van der Waals surface area contributed by atoms with Crippen molar-refractivity contribution in [3.8, 4) is 0 Å². The molecule has 8 atom stereocenters. The van der Waals surface area contributed by atoms with E-state index in [4.69, 9.17) is 0 Å². The van der Waals surface area contributed by atoms with Gasteiger partial charge >= 0.3 is 0 Å². The van der Waals surface area contributed by atoms with E-state index < -0.39 is 56.6 Å². The summed E-state index contributed by atoms with van der Waals surface area (Å²) in [5.41, 5.74) is -5.75. The van der Waals surface area contributed by atoms with Crippen molar-refractivity contribution in [1.29, 1.82) is 0 Å². The van der Waals surface area contributed by atoms with Gasteiger partial charge in [0, 0.05) is 23.7 Å². The van der Waals surface area contributed by atoms with E-state index in [1.54, 1.807) is 13.8 Å². The molecule has 37 heavy (non-hydrogen) atoms. The fourth-order valence-corrected chi connectivity index (χ4v) is 8.58. The quantitative estimate of drug-likeness (QED) is 0.333. The van der Waals surface area contributed by atoms with Crippen LogP contribution in [0.1, 0.15) is 74.7 Å². The van der Waals surface area contributed by atoms with Crippen molar-refractivity contribution in [2.75, 3.05) is 0 Å². The molecule has 4 aliphatic carbocycles. The van der Waals surface area contributed by atoms with Crippen LogP contribution in [0.2, 0.25) is 0 Å². The Bertz CT molecular complexity index is 1150. The van der Waals surface area contributed by atoms with Crippen LogP contribution in [-0.2, 0) is 14.4 Å². The minimum atomic E-state index is -1.96. The van der Waals surface area contributed by atoms with Crippen molar-refractivity contribution in [3.05, 3.63) is 35.6 Å². The van der Waals surface area contributed by atoms with E-state index in [9.17, 15) is 34.8 Å². The lowest BCUT2D eigenvalue weighted by molar-refractivity contribution is -0.179. The number of hydrogen-bond acceptors (Lipinski definition) is 7. The Balaban J connectivity index is 1.82. The van der Waals surface area contributed by atoms with Gasteiger partial charge in [-0.15, -0.1) is 0 Å². The van der Waals surface area contributed by atoms with Crippen molar-refractivity contribution in [1.82, 2.24) is 0 Å². The highest BCUT2D eigenvalue weighted by Gasteiger charge is 2.74. The van der Waals surface area contributed by atoms with Crippen molar-refractivity contribution < 1.29 is 34.8 Å². The monoisotopic (exact) mass is 514 g/mol. The Labute approximate surface area is 219 Å². The van der Waals surface area contributed by atoms with Gasteiger partial charge in [-0.25, -0.2) is 0 Å². The molecular formula is C30H42O7. The third kappa shape index (κ3) is 3.60. The number of aliphatic hydroxyl groups is 4. The van der Waals surface area contributed by atoms with Gasteiger partial charge < -0.3 is 20.4 Å². The fraction of sp³-hybridized carbons (Fsp3) is 0.700. The normalized spacial score (nSPS) is 42.9. The molecule has 0 aromatic heterocycles. The van der Waals surface area contributed by atoms with Gasteiger partial charge in [-0.2, -0.15) is 0 Å². The second-order valence-corrected chi connectivity index (χ2v) is 13.9. The van der Waals surface area contributed by atoms with Crippen LogP contribution in [0.15, 0.2) is 35.6 Å². The molecule has 4 aliphatic rings. The first-order valence-corrected chi connectivity index (χ1v) is 13.2. The molecule has 0 amide bonds. The molecule has 2 fully saturated rings. The van der Waals surface area contributed by atoms with Crippen LogP contribution in [0.5, 0.6) is 0 Å². The number of allylic oxidation sites excluding steroid dienone is 4. The molecule has 4 N–H and O–H groups in total. The molecule has 0 spiro atoms. The summed E-state index contributed by atoms with van der Waals surface area (Å²) < 4.78 is 0. The van der Waals surface area contributed by atoms with Crippen LogP contribution in [-0.4, -0.2) is 55.1 Å². The van der Waals surface area contributed by atoms with Crippen molar-refractivity contribution in [2.45, 2.75) is 92.0 Å². The van der Waals surface area contributed by atoms with Gasteiger partial charge in [-0.1, -0.05) is 38.5 Å². The van der Waals surface area contributed by atoms with Crippen molar-refractivity contribution in [3.63, 3.8) is 0 Å². The summed E-state index contributed by atoms with van der Waals surface area (Å²) >= 11 is 0. The lowest BCUT2D eigenvalue weighted by Gasteiger charge is -2.63.